The number of amides is 1. The van der Waals surface area contributed by atoms with Crippen LogP contribution in [0.25, 0.3) is 0 Å². The summed E-state index contributed by atoms with van der Waals surface area (Å²) in [5, 5.41) is 2.98. The van der Waals surface area contributed by atoms with Crippen LogP contribution in [0.15, 0.2) is 30.5 Å². The second-order valence-corrected chi connectivity index (χ2v) is 4.51. The van der Waals surface area contributed by atoms with Gasteiger partial charge in [-0.15, -0.1) is 0 Å². The van der Waals surface area contributed by atoms with Crippen LogP contribution in [-0.2, 0) is 4.79 Å². The van der Waals surface area contributed by atoms with Crippen molar-refractivity contribution in [1.29, 1.82) is 0 Å². The molecule has 0 spiro atoms. The number of ether oxygens (including phenoxy) is 2. The third-order valence-electron chi connectivity index (χ3n) is 3.07. The van der Waals surface area contributed by atoms with Crippen LogP contribution in [0.4, 0.5) is 17.2 Å². The van der Waals surface area contributed by atoms with Gasteiger partial charge in [0.05, 0.1) is 18.5 Å². The first kappa shape index (κ1) is 15.4. The number of carbonyl (C=O) groups is 1. The Balaban J connectivity index is 2.34. The highest BCUT2D eigenvalue weighted by Crippen LogP contribution is 2.37. The summed E-state index contributed by atoms with van der Waals surface area (Å²) in [7, 11) is 4.94. The van der Waals surface area contributed by atoms with Crippen LogP contribution in [0.5, 0.6) is 17.2 Å². The van der Waals surface area contributed by atoms with Gasteiger partial charge in [-0.1, -0.05) is 0 Å². The second kappa shape index (κ2) is 6.66. The van der Waals surface area contributed by atoms with Crippen molar-refractivity contribution in [3.05, 3.63) is 30.5 Å². The quantitative estimate of drug-likeness (QED) is 0.627. The number of hydrogen-bond acceptors (Lipinski definition) is 6. The van der Waals surface area contributed by atoms with Crippen LogP contribution in [0, 0.1) is 0 Å². The van der Waals surface area contributed by atoms with E-state index in [9.17, 15) is 4.79 Å². The lowest BCUT2D eigenvalue weighted by atomic mass is 10.2. The molecule has 0 unspecified atom stereocenters. The summed E-state index contributed by atoms with van der Waals surface area (Å²) in [6.07, 6.45) is 2.23. The number of nitrogens with zero attached hydrogens (tertiary/aromatic N) is 2. The van der Waals surface area contributed by atoms with E-state index in [4.69, 9.17) is 15.2 Å². The molecule has 0 fully saturated rings. The zero-order chi connectivity index (χ0) is 16.1. The molecule has 7 nitrogen and oxygen atoms in total. The third-order valence-corrected chi connectivity index (χ3v) is 3.07. The van der Waals surface area contributed by atoms with Gasteiger partial charge in [0.15, 0.2) is 11.5 Å². The number of anilines is 3. The smallest absolute Gasteiger partial charge is 0.215 e. The Labute approximate surface area is 128 Å². The fourth-order valence-electron chi connectivity index (χ4n) is 1.87. The average molecular weight is 302 g/mol. The normalized spacial score (nSPS) is 9.95. The summed E-state index contributed by atoms with van der Waals surface area (Å²) in [5.74, 6) is 2.02. The van der Waals surface area contributed by atoms with Crippen LogP contribution in [0.2, 0.25) is 0 Å². The van der Waals surface area contributed by atoms with Crippen molar-refractivity contribution in [3.8, 4) is 17.2 Å². The van der Waals surface area contributed by atoms with Gasteiger partial charge in [-0.2, -0.15) is 0 Å². The summed E-state index contributed by atoms with van der Waals surface area (Å²) >= 11 is 0. The van der Waals surface area contributed by atoms with Gasteiger partial charge in [0.25, 0.3) is 0 Å². The molecule has 2 rings (SSSR count). The first-order valence-electron chi connectivity index (χ1n) is 6.56. The van der Waals surface area contributed by atoms with Crippen molar-refractivity contribution in [2.45, 2.75) is 0 Å². The molecule has 22 heavy (non-hydrogen) atoms. The van der Waals surface area contributed by atoms with Crippen LogP contribution < -0.4 is 25.4 Å². The number of hydrogen-bond donors (Lipinski definition) is 2. The molecule has 2 aromatic rings. The van der Waals surface area contributed by atoms with Crippen LogP contribution >= 0.6 is 0 Å². The second-order valence-electron chi connectivity index (χ2n) is 4.51. The highest BCUT2D eigenvalue weighted by atomic mass is 16.5. The minimum absolute atomic E-state index is 0.477. The molecule has 0 radical (unpaired) electrons. The van der Waals surface area contributed by atoms with E-state index in [1.54, 1.807) is 51.7 Å². The van der Waals surface area contributed by atoms with Gasteiger partial charge < -0.3 is 25.4 Å². The number of nitrogen functional groups attached to an aromatic ring is 1. The highest BCUT2D eigenvalue weighted by Gasteiger charge is 2.11. The maximum absolute atomic E-state index is 10.8. The lowest BCUT2D eigenvalue weighted by Crippen LogP contribution is -2.14. The minimum atomic E-state index is 0.477. The van der Waals surface area contributed by atoms with Crippen molar-refractivity contribution in [2.75, 3.05) is 37.2 Å². The molecular weight excluding hydrogens is 284 g/mol. The summed E-state index contributed by atoms with van der Waals surface area (Å²) < 4.78 is 11.1. The Morgan fingerprint density at radius 3 is 2.73 bits per heavy atom. The van der Waals surface area contributed by atoms with E-state index < -0.39 is 0 Å². The Kier molecular flexibility index (Phi) is 4.67. The zero-order valence-corrected chi connectivity index (χ0v) is 12.7. The molecule has 0 saturated heterocycles. The average Bonchev–Trinajstić information content (AvgIpc) is 2.54. The van der Waals surface area contributed by atoms with Gasteiger partial charge in [0.1, 0.15) is 11.6 Å². The zero-order valence-electron chi connectivity index (χ0n) is 12.7. The maximum atomic E-state index is 10.8. The molecular formula is C15H18N4O3. The summed E-state index contributed by atoms with van der Waals surface area (Å²) in [6, 6.07) is 6.76. The van der Waals surface area contributed by atoms with E-state index in [-0.39, 0.29) is 0 Å². The van der Waals surface area contributed by atoms with Crippen molar-refractivity contribution >= 4 is 23.6 Å². The van der Waals surface area contributed by atoms with Gasteiger partial charge in [-0.05, 0) is 6.07 Å². The molecule has 7 heteroatoms. The van der Waals surface area contributed by atoms with Gasteiger partial charge in [-0.25, -0.2) is 4.98 Å². The molecule has 116 valence electrons. The van der Waals surface area contributed by atoms with Gasteiger partial charge >= 0.3 is 0 Å². The summed E-state index contributed by atoms with van der Waals surface area (Å²) in [4.78, 5) is 16.2. The first-order valence-corrected chi connectivity index (χ1v) is 6.56. The molecule has 0 aliphatic rings. The van der Waals surface area contributed by atoms with Crippen molar-refractivity contribution < 1.29 is 14.3 Å². The monoisotopic (exact) mass is 302 g/mol. The molecule has 0 atom stereocenters. The highest BCUT2D eigenvalue weighted by molar-refractivity contribution is 5.73. The first-order chi connectivity index (χ1) is 10.6. The number of methoxy groups -OCH3 is 1. The topological polar surface area (TPSA) is 89.7 Å². The summed E-state index contributed by atoms with van der Waals surface area (Å²) in [6.45, 7) is 0. The Bertz CT molecular complexity index is 676. The van der Waals surface area contributed by atoms with Gasteiger partial charge in [0.2, 0.25) is 6.41 Å². The van der Waals surface area contributed by atoms with E-state index >= 15 is 0 Å². The number of benzene rings is 1. The number of rotatable bonds is 6. The molecule has 1 aromatic carbocycles. The minimum Gasteiger partial charge on any atom is -0.493 e. The van der Waals surface area contributed by atoms with E-state index in [2.05, 4.69) is 10.3 Å². The fourth-order valence-corrected chi connectivity index (χ4v) is 1.87. The lowest BCUT2D eigenvalue weighted by Gasteiger charge is -2.15. The summed E-state index contributed by atoms with van der Waals surface area (Å²) in [5.41, 5.74) is 7.23. The molecule has 0 saturated carbocycles. The Morgan fingerprint density at radius 1 is 1.32 bits per heavy atom. The van der Waals surface area contributed by atoms with Crippen molar-refractivity contribution in [1.82, 2.24) is 4.98 Å². The van der Waals surface area contributed by atoms with Crippen molar-refractivity contribution in [2.24, 2.45) is 0 Å². The SMILES string of the molecule is CNc1cc(OC)c(Oc2ccnc(N(C)C=O)c2)cc1N. The number of carbonyl (C=O) groups excluding carboxylic acids is 1. The van der Waals surface area contributed by atoms with E-state index in [1.807, 2.05) is 0 Å². The predicted octanol–water partition coefficient (Wildman–Crippen LogP) is 2.10. The predicted molar refractivity (Wildman–Crippen MR) is 85.7 cm³/mol. The fraction of sp³-hybridized carbons (Fsp3) is 0.200. The van der Waals surface area contributed by atoms with Gasteiger partial charge in [0, 0.05) is 38.5 Å². The molecule has 1 amide bonds. The number of nitrogens with two attached hydrogens (primary N) is 1. The Morgan fingerprint density at radius 2 is 2.09 bits per heavy atom. The molecule has 0 aliphatic heterocycles. The number of pyridine rings is 1. The third kappa shape index (κ3) is 3.20. The largest absolute Gasteiger partial charge is 0.493 e. The Hall–Kier alpha value is -2.96. The van der Waals surface area contributed by atoms with Crippen LogP contribution in [-0.4, -0.2) is 32.6 Å². The van der Waals surface area contributed by atoms with Crippen LogP contribution in [0.1, 0.15) is 0 Å². The number of aromatic nitrogens is 1. The van der Waals surface area contributed by atoms with E-state index in [0.29, 0.717) is 35.2 Å². The molecule has 0 bridgehead atoms. The molecule has 3 N–H and O–H groups in total. The molecule has 1 heterocycles. The number of nitrogens with one attached hydrogen (secondary N) is 1. The molecule has 0 aliphatic carbocycles. The van der Waals surface area contributed by atoms with E-state index in [0.717, 1.165) is 5.69 Å². The van der Waals surface area contributed by atoms with E-state index in [1.165, 1.54) is 4.90 Å². The lowest BCUT2D eigenvalue weighted by molar-refractivity contribution is -0.107. The van der Waals surface area contributed by atoms with Crippen LogP contribution in [0.3, 0.4) is 0 Å². The maximum Gasteiger partial charge on any atom is 0.215 e. The molecule has 1 aromatic heterocycles. The standard InChI is InChI=1S/C15H18N4O3/c1-17-12-8-13(21-3)14(7-11(12)16)22-10-4-5-18-15(6-10)19(2)9-20/h4-9,17H,16H2,1-3H3. The van der Waals surface area contributed by atoms with Gasteiger partial charge in [-0.3, -0.25) is 4.79 Å². The van der Waals surface area contributed by atoms with Crippen molar-refractivity contribution in [3.63, 3.8) is 0 Å².